The van der Waals surface area contributed by atoms with Crippen molar-refractivity contribution in [3.63, 3.8) is 0 Å². The van der Waals surface area contributed by atoms with Gasteiger partial charge in [0.25, 0.3) is 5.91 Å². The third kappa shape index (κ3) is 3.06. The Kier molecular flexibility index (Phi) is 4.58. The quantitative estimate of drug-likeness (QED) is 0.651. The fourth-order valence-electron chi connectivity index (χ4n) is 3.76. The van der Waals surface area contributed by atoms with E-state index in [1.807, 2.05) is 53.6 Å². The maximum absolute atomic E-state index is 13.0. The van der Waals surface area contributed by atoms with Crippen LogP contribution in [0.1, 0.15) is 41.7 Å². The van der Waals surface area contributed by atoms with Gasteiger partial charge in [0, 0.05) is 18.7 Å². The highest BCUT2D eigenvalue weighted by atomic mass is 32.1. The number of carbonyl (C=O) groups is 2. The number of hydrogen-bond donors (Lipinski definition) is 0. The molecule has 5 nitrogen and oxygen atoms in total. The summed E-state index contributed by atoms with van der Waals surface area (Å²) in [6.45, 7) is 3.60. The molecule has 6 heteroatoms. The Morgan fingerprint density at radius 1 is 1.15 bits per heavy atom. The van der Waals surface area contributed by atoms with Gasteiger partial charge in [-0.15, -0.1) is 11.3 Å². The number of anilines is 2. The lowest BCUT2D eigenvalue weighted by atomic mass is 9.96. The number of fused-ring (bicyclic) bond motifs is 1. The molecule has 1 aliphatic heterocycles. The van der Waals surface area contributed by atoms with E-state index in [0.29, 0.717) is 12.2 Å². The highest BCUT2D eigenvalue weighted by Crippen LogP contribution is 2.45. The summed E-state index contributed by atoms with van der Waals surface area (Å²) >= 11 is 1.58. The molecule has 0 bridgehead atoms. The van der Waals surface area contributed by atoms with Crippen LogP contribution in [-0.2, 0) is 4.79 Å². The van der Waals surface area contributed by atoms with Gasteiger partial charge in [-0.1, -0.05) is 18.2 Å². The third-order valence-electron chi connectivity index (χ3n) is 4.88. The average Bonchev–Trinajstić information content (AvgIpc) is 3.34. The second kappa shape index (κ2) is 7.04. The standard InChI is InChI=1S/C21H20N2O3S/c1-14-13-18(23(15(2)24)16-7-4-3-5-8-16)20-17(10-12-27-20)22(14)21(25)19-9-6-11-26-19/h3-12,14,18H,13H2,1-2H3. The molecular weight excluding hydrogens is 360 g/mol. The van der Waals surface area contributed by atoms with Crippen LogP contribution in [0.4, 0.5) is 11.4 Å². The lowest BCUT2D eigenvalue weighted by molar-refractivity contribution is -0.117. The molecule has 2 atom stereocenters. The summed E-state index contributed by atoms with van der Waals surface area (Å²) in [6.07, 6.45) is 2.17. The Morgan fingerprint density at radius 2 is 1.93 bits per heavy atom. The van der Waals surface area contributed by atoms with Gasteiger partial charge in [-0.2, -0.15) is 0 Å². The van der Waals surface area contributed by atoms with Crippen LogP contribution in [0.15, 0.2) is 64.6 Å². The van der Waals surface area contributed by atoms with Crippen LogP contribution in [0.5, 0.6) is 0 Å². The molecule has 138 valence electrons. The van der Waals surface area contributed by atoms with Gasteiger partial charge in [0.1, 0.15) is 0 Å². The molecule has 0 saturated heterocycles. The number of para-hydroxylation sites is 1. The van der Waals surface area contributed by atoms with E-state index in [4.69, 9.17) is 4.42 Å². The van der Waals surface area contributed by atoms with Gasteiger partial charge in [0.15, 0.2) is 5.76 Å². The van der Waals surface area contributed by atoms with E-state index in [1.54, 1.807) is 35.3 Å². The van der Waals surface area contributed by atoms with E-state index in [-0.39, 0.29) is 23.9 Å². The maximum atomic E-state index is 13.0. The van der Waals surface area contributed by atoms with Gasteiger partial charge in [-0.3, -0.25) is 9.59 Å². The summed E-state index contributed by atoms with van der Waals surface area (Å²) in [4.78, 5) is 30.1. The summed E-state index contributed by atoms with van der Waals surface area (Å²) in [7, 11) is 0. The van der Waals surface area contributed by atoms with Crippen molar-refractivity contribution in [1.82, 2.24) is 0 Å². The molecule has 0 spiro atoms. The van der Waals surface area contributed by atoms with Gasteiger partial charge in [0.2, 0.25) is 5.91 Å². The molecule has 3 aromatic rings. The molecule has 2 unspecified atom stereocenters. The largest absolute Gasteiger partial charge is 0.459 e. The number of benzene rings is 1. The van der Waals surface area contributed by atoms with E-state index in [1.165, 1.54) is 6.26 Å². The van der Waals surface area contributed by atoms with E-state index < -0.39 is 0 Å². The number of nitrogens with zero attached hydrogens (tertiary/aromatic N) is 2. The molecule has 4 rings (SSSR count). The SMILES string of the molecule is CC(=O)N(c1ccccc1)C1CC(C)N(C(=O)c2ccco2)c2ccsc21. The van der Waals surface area contributed by atoms with Gasteiger partial charge >= 0.3 is 0 Å². The minimum absolute atomic E-state index is 0.0106. The summed E-state index contributed by atoms with van der Waals surface area (Å²) in [5.41, 5.74) is 1.72. The van der Waals surface area contributed by atoms with E-state index >= 15 is 0 Å². The topological polar surface area (TPSA) is 53.8 Å². The van der Waals surface area contributed by atoms with Crippen molar-refractivity contribution in [3.8, 4) is 0 Å². The Bertz CT molecular complexity index is 949. The first kappa shape index (κ1) is 17.5. The zero-order valence-corrected chi connectivity index (χ0v) is 16.0. The molecule has 1 aromatic carbocycles. The predicted molar refractivity (Wildman–Crippen MR) is 106 cm³/mol. The van der Waals surface area contributed by atoms with Crippen LogP contribution in [0.3, 0.4) is 0 Å². The van der Waals surface area contributed by atoms with Crippen molar-refractivity contribution in [2.45, 2.75) is 32.4 Å². The molecule has 0 fully saturated rings. The van der Waals surface area contributed by atoms with Gasteiger partial charge in [0.05, 0.1) is 22.9 Å². The van der Waals surface area contributed by atoms with Crippen LogP contribution in [-0.4, -0.2) is 17.9 Å². The Hall–Kier alpha value is -2.86. The Labute approximate surface area is 161 Å². The zero-order chi connectivity index (χ0) is 19.0. The zero-order valence-electron chi connectivity index (χ0n) is 15.2. The average molecular weight is 380 g/mol. The normalized spacial score (nSPS) is 18.8. The first-order valence-electron chi connectivity index (χ1n) is 8.87. The van der Waals surface area contributed by atoms with Crippen LogP contribution in [0, 0.1) is 0 Å². The van der Waals surface area contributed by atoms with Crippen LogP contribution >= 0.6 is 11.3 Å². The first-order chi connectivity index (χ1) is 13.1. The molecule has 2 amide bonds. The second-order valence-corrected chi connectivity index (χ2v) is 7.60. The lowest BCUT2D eigenvalue weighted by Crippen LogP contribution is -2.46. The molecule has 3 heterocycles. The van der Waals surface area contributed by atoms with Crippen molar-refractivity contribution in [3.05, 3.63) is 70.8 Å². The first-order valence-corrected chi connectivity index (χ1v) is 9.75. The Morgan fingerprint density at radius 3 is 2.59 bits per heavy atom. The van der Waals surface area contributed by atoms with Gasteiger partial charge in [-0.25, -0.2) is 0 Å². The third-order valence-corrected chi connectivity index (χ3v) is 5.88. The van der Waals surface area contributed by atoms with Crippen LogP contribution < -0.4 is 9.80 Å². The number of carbonyl (C=O) groups excluding carboxylic acids is 2. The van der Waals surface area contributed by atoms with E-state index in [9.17, 15) is 9.59 Å². The minimum atomic E-state index is -0.153. The minimum Gasteiger partial charge on any atom is -0.459 e. The van der Waals surface area contributed by atoms with Gasteiger partial charge < -0.3 is 14.2 Å². The van der Waals surface area contributed by atoms with E-state index in [0.717, 1.165) is 16.3 Å². The smallest absolute Gasteiger partial charge is 0.294 e. The number of amides is 2. The van der Waals surface area contributed by atoms with Crippen molar-refractivity contribution in [2.24, 2.45) is 0 Å². The molecule has 2 aromatic heterocycles. The second-order valence-electron chi connectivity index (χ2n) is 6.65. The number of rotatable bonds is 3. The molecule has 0 radical (unpaired) electrons. The van der Waals surface area contributed by atoms with Crippen molar-refractivity contribution < 1.29 is 14.0 Å². The summed E-state index contributed by atoms with van der Waals surface area (Å²) in [5, 5.41) is 1.97. The number of thiophene rings is 1. The fourth-order valence-corrected chi connectivity index (χ4v) is 4.75. The predicted octanol–water partition coefficient (Wildman–Crippen LogP) is 4.87. The van der Waals surface area contributed by atoms with Crippen molar-refractivity contribution in [1.29, 1.82) is 0 Å². The molecule has 1 aliphatic rings. The van der Waals surface area contributed by atoms with Crippen molar-refractivity contribution in [2.75, 3.05) is 9.80 Å². The summed E-state index contributed by atoms with van der Waals surface area (Å²) in [5.74, 6) is 0.159. The molecule has 0 aliphatic carbocycles. The molecular formula is C21H20N2O3S. The fraction of sp³-hybridized carbons (Fsp3) is 0.238. The summed E-state index contributed by atoms with van der Waals surface area (Å²) in [6, 6.07) is 14.9. The highest BCUT2D eigenvalue weighted by Gasteiger charge is 2.39. The monoisotopic (exact) mass is 380 g/mol. The van der Waals surface area contributed by atoms with Crippen molar-refractivity contribution >= 4 is 34.5 Å². The van der Waals surface area contributed by atoms with Crippen LogP contribution in [0.25, 0.3) is 0 Å². The molecule has 0 saturated carbocycles. The summed E-state index contributed by atoms with van der Waals surface area (Å²) < 4.78 is 5.32. The number of furan rings is 1. The number of hydrogen-bond acceptors (Lipinski definition) is 4. The highest BCUT2D eigenvalue weighted by molar-refractivity contribution is 7.10. The Balaban J connectivity index is 1.75. The van der Waals surface area contributed by atoms with Gasteiger partial charge in [-0.05, 0) is 49.1 Å². The lowest BCUT2D eigenvalue weighted by Gasteiger charge is -2.41. The molecule has 27 heavy (non-hydrogen) atoms. The molecule has 0 N–H and O–H groups in total. The van der Waals surface area contributed by atoms with E-state index in [2.05, 4.69) is 0 Å². The maximum Gasteiger partial charge on any atom is 0.294 e. The van der Waals surface area contributed by atoms with Crippen LogP contribution in [0.2, 0.25) is 0 Å².